The molecular weight excluding hydrogens is 230 g/mol. The van der Waals surface area contributed by atoms with E-state index in [0.29, 0.717) is 11.7 Å². The van der Waals surface area contributed by atoms with Crippen molar-refractivity contribution in [3.63, 3.8) is 0 Å². The molecule has 5 nitrogen and oxygen atoms in total. The molecule has 1 aromatic rings. The van der Waals surface area contributed by atoms with Crippen LogP contribution in [0.1, 0.15) is 24.8 Å². The number of benzene rings is 1. The Morgan fingerprint density at radius 2 is 2.22 bits per heavy atom. The van der Waals surface area contributed by atoms with Crippen LogP contribution in [0.25, 0.3) is 0 Å². The lowest BCUT2D eigenvalue weighted by Crippen LogP contribution is -2.36. The lowest BCUT2D eigenvalue weighted by atomic mass is 9.91. The second kappa shape index (κ2) is 5.35. The van der Waals surface area contributed by atoms with E-state index in [1.807, 2.05) is 6.07 Å². The van der Waals surface area contributed by atoms with Crippen LogP contribution >= 0.6 is 0 Å². The first-order valence-electron chi connectivity index (χ1n) is 6.27. The molecule has 0 amide bonds. The smallest absolute Gasteiger partial charge is 0.292 e. The van der Waals surface area contributed by atoms with Gasteiger partial charge in [0.1, 0.15) is 5.69 Å². The molecule has 5 heteroatoms. The van der Waals surface area contributed by atoms with Gasteiger partial charge in [-0.2, -0.15) is 0 Å². The van der Waals surface area contributed by atoms with E-state index < -0.39 is 0 Å². The topological polar surface area (TPSA) is 58.4 Å². The molecule has 0 saturated heterocycles. The Hall–Kier alpha value is -1.62. The average molecular weight is 249 g/mol. The van der Waals surface area contributed by atoms with Gasteiger partial charge in [0.2, 0.25) is 0 Å². The van der Waals surface area contributed by atoms with Crippen molar-refractivity contribution < 1.29 is 4.92 Å². The van der Waals surface area contributed by atoms with Gasteiger partial charge in [0.15, 0.2) is 0 Å². The van der Waals surface area contributed by atoms with Crippen molar-refractivity contribution in [2.45, 2.75) is 31.8 Å². The number of hydrogen-bond donors (Lipinski definition) is 1. The van der Waals surface area contributed by atoms with E-state index in [9.17, 15) is 10.1 Å². The molecule has 1 saturated carbocycles. The first kappa shape index (κ1) is 12.8. The standard InChI is InChI=1S/C13H19N3O2/c1-14-12-7-6-10(8-13(12)16(17)18)9-15(2)11-4-3-5-11/h6-8,11,14H,3-5,9H2,1-2H3. The van der Waals surface area contributed by atoms with Crippen molar-refractivity contribution in [3.8, 4) is 0 Å². The normalized spacial score (nSPS) is 15.5. The highest BCUT2D eigenvalue weighted by Gasteiger charge is 2.22. The van der Waals surface area contributed by atoms with Gasteiger partial charge in [0, 0.05) is 25.7 Å². The minimum absolute atomic E-state index is 0.150. The van der Waals surface area contributed by atoms with E-state index in [1.165, 1.54) is 19.3 Å². The summed E-state index contributed by atoms with van der Waals surface area (Å²) in [4.78, 5) is 12.9. The van der Waals surface area contributed by atoms with E-state index in [-0.39, 0.29) is 10.6 Å². The molecule has 1 aliphatic carbocycles. The number of anilines is 1. The number of nitro groups is 1. The Balaban J connectivity index is 2.13. The minimum Gasteiger partial charge on any atom is -0.383 e. The summed E-state index contributed by atoms with van der Waals surface area (Å²) in [5.41, 5.74) is 1.71. The van der Waals surface area contributed by atoms with Crippen molar-refractivity contribution in [1.29, 1.82) is 0 Å². The van der Waals surface area contributed by atoms with Crippen LogP contribution in [-0.2, 0) is 6.54 Å². The number of nitro benzene ring substituents is 1. The van der Waals surface area contributed by atoms with Gasteiger partial charge in [-0.25, -0.2) is 0 Å². The zero-order valence-corrected chi connectivity index (χ0v) is 10.8. The Labute approximate surface area is 107 Å². The fourth-order valence-electron chi connectivity index (χ4n) is 2.28. The van der Waals surface area contributed by atoms with Gasteiger partial charge in [0.25, 0.3) is 5.69 Å². The number of hydrogen-bond acceptors (Lipinski definition) is 4. The third-order valence-corrected chi connectivity index (χ3v) is 3.66. The van der Waals surface area contributed by atoms with Gasteiger partial charge in [0.05, 0.1) is 4.92 Å². The van der Waals surface area contributed by atoms with Crippen LogP contribution in [0.15, 0.2) is 18.2 Å². The van der Waals surface area contributed by atoms with Crippen molar-refractivity contribution in [3.05, 3.63) is 33.9 Å². The first-order chi connectivity index (χ1) is 8.61. The fourth-order valence-corrected chi connectivity index (χ4v) is 2.28. The molecule has 0 heterocycles. The van der Waals surface area contributed by atoms with Crippen LogP contribution in [0, 0.1) is 10.1 Å². The highest BCUT2D eigenvalue weighted by Crippen LogP contribution is 2.28. The first-order valence-corrected chi connectivity index (χ1v) is 6.27. The summed E-state index contributed by atoms with van der Waals surface area (Å²) in [6.07, 6.45) is 3.79. The van der Waals surface area contributed by atoms with Gasteiger partial charge in [-0.15, -0.1) is 0 Å². The predicted octanol–water partition coefficient (Wildman–Crippen LogP) is 2.62. The van der Waals surface area contributed by atoms with Gasteiger partial charge >= 0.3 is 0 Å². The lowest BCUT2D eigenvalue weighted by molar-refractivity contribution is -0.384. The Bertz CT molecular complexity index is 444. The molecule has 1 aromatic carbocycles. The van der Waals surface area contributed by atoms with Gasteiger partial charge in [-0.3, -0.25) is 15.0 Å². The summed E-state index contributed by atoms with van der Waals surface area (Å²) < 4.78 is 0. The molecule has 0 unspecified atom stereocenters. The minimum atomic E-state index is -0.335. The molecule has 0 atom stereocenters. The molecule has 0 aliphatic heterocycles. The summed E-state index contributed by atoms with van der Waals surface area (Å²) in [5, 5.41) is 13.8. The predicted molar refractivity (Wildman–Crippen MR) is 71.7 cm³/mol. The van der Waals surface area contributed by atoms with Crippen molar-refractivity contribution in [2.24, 2.45) is 0 Å². The maximum atomic E-state index is 11.0. The van der Waals surface area contributed by atoms with Gasteiger partial charge in [-0.05, 0) is 31.5 Å². The summed E-state index contributed by atoms with van der Waals surface area (Å²) in [5.74, 6) is 0. The van der Waals surface area contributed by atoms with E-state index in [2.05, 4.69) is 17.3 Å². The van der Waals surface area contributed by atoms with Crippen LogP contribution in [0.4, 0.5) is 11.4 Å². The third kappa shape index (κ3) is 2.61. The summed E-state index contributed by atoms with van der Waals surface area (Å²) >= 11 is 0. The Morgan fingerprint density at radius 1 is 1.50 bits per heavy atom. The highest BCUT2D eigenvalue weighted by atomic mass is 16.6. The van der Waals surface area contributed by atoms with Crippen LogP contribution in [0.5, 0.6) is 0 Å². The van der Waals surface area contributed by atoms with Crippen molar-refractivity contribution in [2.75, 3.05) is 19.4 Å². The van der Waals surface area contributed by atoms with Gasteiger partial charge in [-0.1, -0.05) is 12.5 Å². The molecule has 1 N–H and O–H groups in total. The second-order valence-corrected chi connectivity index (χ2v) is 4.86. The average Bonchev–Trinajstić information content (AvgIpc) is 2.26. The number of rotatable bonds is 5. The zero-order chi connectivity index (χ0) is 13.1. The number of nitrogens with one attached hydrogen (secondary N) is 1. The highest BCUT2D eigenvalue weighted by molar-refractivity contribution is 5.62. The molecule has 0 aromatic heterocycles. The monoisotopic (exact) mass is 249 g/mol. The van der Waals surface area contributed by atoms with Crippen LogP contribution in [0.2, 0.25) is 0 Å². The molecule has 0 radical (unpaired) electrons. The number of nitrogens with zero attached hydrogens (tertiary/aromatic N) is 2. The Morgan fingerprint density at radius 3 is 2.72 bits per heavy atom. The third-order valence-electron chi connectivity index (χ3n) is 3.66. The van der Waals surface area contributed by atoms with Crippen molar-refractivity contribution >= 4 is 11.4 Å². The molecule has 0 bridgehead atoms. The molecule has 18 heavy (non-hydrogen) atoms. The fraction of sp³-hybridized carbons (Fsp3) is 0.538. The van der Waals surface area contributed by atoms with Crippen molar-refractivity contribution in [1.82, 2.24) is 4.90 Å². The largest absolute Gasteiger partial charge is 0.383 e. The maximum Gasteiger partial charge on any atom is 0.292 e. The zero-order valence-electron chi connectivity index (χ0n) is 10.8. The maximum absolute atomic E-state index is 11.0. The molecule has 0 spiro atoms. The molecule has 1 aliphatic rings. The van der Waals surface area contributed by atoms with E-state index in [4.69, 9.17) is 0 Å². The molecular formula is C13H19N3O2. The SMILES string of the molecule is CNc1ccc(CN(C)C2CCC2)cc1[N+](=O)[O-]. The van der Waals surface area contributed by atoms with E-state index in [1.54, 1.807) is 19.2 Å². The lowest BCUT2D eigenvalue weighted by Gasteiger charge is -2.34. The molecule has 1 fully saturated rings. The second-order valence-electron chi connectivity index (χ2n) is 4.86. The summed E-state index contributed by atoms with van der Waals surface area (Å²) in [6.45, 7) is 0.773. The molecule has 2 rings (SSSR count). The quantitative estimate of drug-likeness (QED) is 0.643. The molecule has 98 valence electrons. The van der Waals surface area contributed by atoms with Crippen LogP contribution in [-0.4, -0.2) is 30.0 Å². The van der Waals surface area contributed by atoms with Gasteiger partial charge < -0.3 is 5.32 Å². The van der Waals surface area contributed by atoms with Crippen LogP contribution in [0.3, 0.4) is 0 Å². The van der Waals surface area contributed by atoms with E-state index in [0.717, 1.165) is 12.1 Å². The van der Waals surface area contributed by atoms with E-state index >= 15 is 0 Å². The summed E-state index contributed by atoms with van der Waals surface area (Å²) in [6, 6.07) is 6.05. The van der Waals surface area contributed by atoms with Crippen LogP contribution < -0.4 is 5.32 Å². The Kier molecular flexibility index (Phi) is 3.81. The summed E-state index contributed by atoms with van der Waals surface area (Å²) in [7, 11) is 3.78.